The van der Waals surface area contributed by atoms with Crippen LogP contribution in [0.4, 0.5) is 17.2 Å². The molecule has 2 N–H and O–H groups in total. The highest BCUT2D eigenvalue weighted by Gasteiger charge is 2.27. The van der Waals surface area contributed by atoms with Crippen LogP contribution < -0.4 is 10.6 Å². The Morgan fingerprint density at radius 1 is 1.18 bits per heavy atom. The minimum atomic E-state index is -0.0711. The van der Waals surface area contributed by atoms with Crippen molar-refractivity contribution in [2.45, 2.75) is 39.0 Å². The van der Waals surface area contributed by atoms with E-state index in [0.29, 0.717) is 5.92 Å². The van der Waals surface area contributed by atoms with Crippen LogP contribution in [-0.4, -0.2) is 15.9 Å². The third kappa shape index (κ3) is 3.61. The van der Waals surface area contributed by atoms with E-state index in [1.54, 1.807) is 0 Å². The van der Waals surface area contributed by atoms with E-state index < -0.39 is 0 Å². The number of carbonyl (C=O) groups excluding carboxylic acids is 1. The van der Waals surface area contributed by atoms with Crippen molar-refractivity contribution in [3.05, 3.63) is 41.9 Å². The average Bonchev–Trinajstić information content (AvgIpc) is 3.33. The van der Waals surface area contributed by atoms with E-state index in [4.69, 9.17) is 0 Å². The summed E-state index contributed by atoms with van der Waals surface area (Å²) in [5.74, 6) is 2.25. The molecule has 0 unspecified atom stereocenters. The molecule has 1 fully saturated rings. The SMILES string of the molecule is CCc1cc(Nc2ccc(NC(C)=O)cc2)nc(C2CC2)n1. The highest BCUT2D eigenvalue weighted by molar-refractivity contribution is 5.88. The lowest BCUT2D eigenvalue weighted by molar-refractivity contribution is -0.114. The second kappa shape index (κ2) is 6.13. The normalized spacial score (nSPS) is 13.7. The highest BCUT2D eigenvalue weighted by atomic mass is 16.1. The number of carbonyl (C=O) groups is 1. The fraction of sp³-hybridized carbons (Fsp3) is 0.353. The van der Waals surface area contributed by atoms with Crippen molar-refractivity contribution < 1.29 is 4.79 Å². The van der Waals surface area contributed by atoms with E-state index in [2.05, 4.69) is 27.5 Å². The van der Waals surface area contributed by atoms with Crippen molar-refractivity contribution in [2.24, 2.45) is 0 Å². The summed E-state index contributed by atoms with van der Waals surface area (Å²) >= 11 is 0. The van der Waals surface area contributed by atoms with Gasteiger partial charge in [0, 0.05) is 36.0 Å². The van der Waals surface area contributed by atoms with E-state index in [-0.39, 0.29) is 5.91 Å². The average molecular weight is 296 g/mol. The molecular formula is C17H20N4O. The molecule has 1 aromatic heterocycles. The Balaban J connectivity index is 1.77. The molecule has 114 valence electrons. The van der Waals surface area contributed by atoms with Crippen LogP contribution in [0.2, 0.25) is 0 Å². The smallest absolute Gasteiger partial charge is 0.221 e. The lowest BCUT2D eigenvalue weighted by atomic mass is 10.2. The maximum atomic E-state index is 11.0. The summed E-state index contributed by atoms with van der Waals surface area (Å²) < 4.78 is 0. The van der Waals surface area contributed by atoms with E-state index >= 15 is 0 Å². The fourth-order valence-corrected chi connectivity index (χ4v) is 2.28. The summed E-state index contributed by atoms with van der Waals surface area (Å²) in [7, 11) is 0. The Morgan fingerprint density at radius 3 is 2.45 bits per heavy atom. The molecule has 1 aliphatic carbocycles. The quantitative estimate of drug-likeness (QED) is 0.884. The minimum absolute atomic E-state index is 0.0711. The first-order valence-corrected chi connectivity index (χ1v) is 7.66. The number of amides is 1. The van der Waals surface area contributed by atoms with Gasteiger partial charge in [-0.2, -0.15) is 0 Å². The molecule has 1 aliphatic rings. The zero-order valence-corrected chi connectivity index (χ0v) is 12.9. The van der Waals surface area contributed by atoms with Crippen molar-refractivity contribution in [1.82, 2.24) is 9.97 Å². The predicted octanol–water partition coefficient (Wildman–Crippen LogP) is 3.62. The van der Waals surface area contributed by atoms with Gasteiger partial charge in [-0.15, -0.1) is 0 Å². The van der Waals surface area contributed by atoms with Gasteiger partial charge in [-0.1, -0.05) is 6.92 Å². The second-order valence-corrected chi connectivity index (χ2v) is 5.61. The predicted molar refractivity (Wildman–Crippen MR) is 87.4 cm³/mol. The van der Waals surface area contributed by atoms with Gasteiger partial charge >= 0.3 is 0 Å². The van der Waals surface area contributed by atoms with Gasteiger partial charge in [0.1, 0.15) is 11.6 Å². The first kappa shape index (κ1) is 14.5. The van der Waals surface area contributed by atoms with Gasteiger partial charge in [0.15, 0.2) is 0 Å². The largest absolute Gasteiger partial charge is 0.340 e. The Morgan fingerprint density at radius 2 is 1.86 bits per heavy atom. The summed E-state index contributed by atoms with van der Waals surface area (Å²) in [6.45, 7) is 3.60. The topological polar surface area (TPSA) is 66.9 Å². The number of nitrogens with zero attached hydrogens (tertiary/aromatic N) is 2. The van der Waals surface area contributed by atoms with E-state index in [1.807, 2.05) is 30.3 Å². The molecule has 1 aromatic carbocycles. The van der Waals surface area contributed by atoms with Gasteiger partial charge in [-0.05, 0) is 43.5 Å². The molecule has 1 heterocycles. The molecule has 0 saturated heterocycles. The standard InChI is InChI=1S/C17H20N4O/c1-3-13-10-16(21-17(20-13)12-4-5-12)19-15-8-6-14(7-9-15)18-11(2)22/h6-10,12H,3-5H2,1-2H3,(H,18,22)(H,19,20,21). The molecular weight excluding hydrogens is 276 g/mol. The first-order chi connectivity index (χ1) is 10.6. The van der Waals surface area contributed by atoms with Crippen molar-refractivity contribution in [1.29, 1.82) is 0 Å². The van der Waals surface area contributed by atoms with Gasteiger partial charge in [0.05, 0.1) is 0 Å². The van der Waals surface area contributed by atoms with Crippen LogP contribution in [0.3, 0.4) is 0 Å². The monoisotopic (exact) mass is 296 g/mol. The van der Waals surface area contributed by atoms with Crippen molar-refractivity contribution in [3.8, 4) is 0 Å². The number of rotatable bonds is 5. The lowest BCUT2D eigenvalue weighted by Gasteiger charge is -2.10. The zero-order valence-electron chi connectivity index (χ0n) is 12.9. The molecule has 22 heavy (non-hydrogen) atoms. The molecule has 5 nitrogen and oxygen atoms in total. The lowest BCUT2D eigenvalue weighted by Crippen LogP contribution is -2.05. The molecule has 0 bridgehead atoms. The van der Waals surface area contributed by atoms with Gasteiger partial charge in [-0.3, -0.25) is 4.79 Å². The van der Waals surface area contributed by atoms with Gasteiger partial charge in [0.2, 0.25) is 5.91 Å². The van der Waals surface area contributed by atoms with Crippen LogP contribution in [0, 0.1) is 0 Å². The maximum Gasteiger partial charge on any atom is 0.221 e. The molecule has 3 rings (SSSR count). The van der Waals surface area contributed by atoms with Crippen LogP contribution in [0.15, 0.2) is 30.3 Å². The van der Waals surface area contributed by atoms with Crippen LogP contribution >= 0.6 is 0 Å². The van der Waals surface area contributed by atoms with Gasteiger partial charge < -0.3 is 10.6 Å². The third-order valence-corrected chi connectivity index (χ3v) is 3.58. The molecule has 0 spiro atoms. The van der Waals surface area contributed by atoms with E-state index in [0.717, 1.165) is 35.1 Å². The fourth-order valence-electron chi connectivity index (χ4n) is 2.28. The molecule has 0 radical (unpaired) electrons. The molecule has 2 aromatic rings. The van der Waals surface area contributed by atoms with Gasteiger partial charge in [0.25, 0.3) is 0 Å². The van der Waals surface area contributed by atoms with Crippen molar-refractivity contribution >= 4 is 23.1 Å². The molecule has 1 saturated carbocycles. The number of benzene rings is 1. The zero-order chi connectivity index (χ0) is 15.5. The summed E-state index contributed by atoms with van der Waals surface area (Å²) in [6.07, 6.45) is 3.29. The Labute approximate surface area is 130 Å². The van der Waals surface area contributed by atoms with E-state index in [9.17, 15) is 4.79 Å². The molecule has 5 heteroatoms. The number of aromatic nitrogens is 2. The van der Waals surface area contributed by atoms with Crippen LogP contribution in [-0.2, 0) is 11.2 Å². The minimum Gasteiger partial charge on any atom is -0.340 e. The van der Waals surface area contributed by atoms with Crippen LogP contribution in [0.5, 0.6) is 0 Å². The van der Waals surface area contributed by atoms with Crippen LogP contribution in [0.1, 0.15) is 44.1 Å². The summed E-state index contributed by atoms with van der Waals surface area (Å²) in [5, 5.41) is 6.07. The summed E-state index contributed by atoms with van der Waals surface area (Å²) in [5.41, 5.74) is 2.79. The Bertz CT molecular complexity index is 678. The van der Waals surface area contributed by atoms with Gasteiger partial charge in [-0.25, -0.2) is 9.97 Å². The summed E-state index contributed by atoms with van der Waals surface area (Å²) in [6, 6.07) is 9.58. The summed E-state index contributed by atoms with van der Waals surface area (Å²) in [4.78, 5) is 20.2. The number of nitrogens with one attached hydrogen (secondary N) is 2. The number of anilines is 3. The van der Waals surface area contributed by atoms with Crippen molar-refractivity contribution in [3.63, 3.8) is 0 Å². The number of hydrogen-bond acceptors (Lipinski definition) is 4. The Hall–Kier alpha value is -2.43. The first-order valence-electron chi connectivity index (χ1n) is 7.66. The molecule has 1 amide bonds. The number of hydrogen-bond donors (Lipinski definition) is 2. The van der Waals surface area contributed by atoms with Crippen LogP contribution in [0.25, 0.3) is 0 Å². The highest BCUT2D eigenvalue weighted by Crippen LogP contribution is 2.38. The maximum absolute atomic E-state index is 11.0. The molecule has 0 aliphatic heterocycles. The molecule has 0 atom stereocenters. The third-order valence-electron chi connectivity index (χ3n) is 3.58. The Kier molecular flexibility index (Phi) is 4.04. The second-order valence-electron chi connectivity index (χ2n) is 5.61. The number of aryl methyl sites for hydroxylation is 1. The van der Waals surface area contributed by atoms with Crippen molar-refractivity contribution in [2.75, 3.05) is 10.6 Å². The van der Waals surface area contributed by atoms with E-state index in [1.165, 1.54) is 19.8 Å².